The van der Waals surface area contributed by atoms with Crippen LogP contribution < -0.4 is 0 Å². The molecule has 0 amide bonds. The lowest BCUT2D eigenvalue weighted by atomic mass is 9.75. The summed E-state index contributed by atoms with van der Waals surface area (Å²) >= 11 is 1.66. The Bertz CT molecular complexity index is 518. The minimum Gasteiger partial charge on any atom is -0.478 e. The van der Waals surface area contributed by atoms with Gasteiger partial charge in [0.1, 0.15) is 0 Å². The molecule has 0 spiro atoms. The van der Waals surface area contributed by atoms with Gasteiger partial charge in [-0.15, -0.1) is 11.3 Å². The highest BCUT2D eigenvalue weighted by molar-refractivity contribution is 7.12. The minimum atomic E-state index is -0.903. The van der Waals surface area contributed by atoms with Crippen LogP contribution in [0.15, 0.2) is 18.2 Å². The Morgan fingerprint density at radius 3 is 2.62 bits per heavy atom. The Labute approximate surface area is 130 Å². The van der Waals surface area contributed by atoms with Crippen LogP contribution >= 0.6 is 11.3 Å². The summed E-state index contributed by atoms with van der Waals surface area (Å²) in [6.45, 7) is 2.00. The molecule has 1 N–H and O–H groups in total. The van der Waals surface area contributed by atoms with E-state index in [9.17, 15) is 4.79 Å². The van der Waals surface area contributed by atoms with E-state index in [2.05, 4.69) is 37.0 Å². The number of nitrogens with zero attached hydrogens (tertiary/aromatic N) is 2. The van der Waals surface area contributed by atoms with Gasteiger partial charge >= 0.3 is 5.97 Å². The summed E-state index contributed by atoms with van der Waals surface area (Å²) in [6.07, 6.45) is 6.73. The summed E-state index contributed by atoms with van der Waals surface area (Å²) in [5.74, 6) is -0.903. The van der Waals surface area contributed by atoms with Crippen molar-refractivity contribution in [2.75, 3.05) is 27.7 Å². The second-order valence-corrected chi connectivity index (χ2v) is 7.32. The molecule has 0 saturated heterocycles. The van der Waals surface area contributed by atoms with Crippen LogP contribution in [0.2, 0.25) is 0 Å². The molecule has 1 aromatic heterocycles. The Kier molecular flexibility index (Phi) is 5.19. The lowest BCUT2D eigenvalue weighted by molar-refractivity contribution is -0.131. The van der Waals surface area contributed by atoms with Crippen molar-refractivity contribution in [3.8, 4) is 0 Å². The molecule has 0 atom stereocenters. The van der Waals surface area contributed by atoms with E-state index in [0.717, 1.165) is 18.0 Å². The zero-order chi connectivity index (χ0) is 15.5. The maximum Gasteiger partial charge on any atom is 0.328 e. The predicted octanol–water partition coefficient (Wildman–Crippen LogP) is 2.76. The van der Waals surface area contributed by atoms with Crippen molar-refractivity contribution < 1.29 is 9.90 Å². The molecule has 4 nitrogen and oxygen atoms in total. The zero-order valence-corrected chi connectivity index (χ0v) is 13.8. The molecular formula is C16H24N2O2S. The Hall–Kier alpha value is -1.17. The number of rotatable bonds is 7. The fraction of sp³-hybridized carbons (Fsp3) is 0.562. The molecule has 5 heteroatoms. The maximum atomic E-state index is 10.5. The van der Waals surface area contributed by atoms with Gasteiger partial charge in [0.2, 0.25) is 0 Å². The maximum absolute atomic E-state index is 10.5. The van der Waals surface area contributed by atoms with Gasteiger partial charge in [0.05, 0.1) is 0 Å². The van der Waals surface area contributed by atoms with Gasteiger partial charge in [0.25, 0.3) is 0 Å². The van der Waals surface area contributed by atoms with Gasteiger partial charge in [-0.05, 0) is 58.6 Å². The Morgan fingerprint density at radius 1 is 1.38 bits per heavy atom. The van der Waals surface area contributed by atoms with Gasteiger partial charge in [-0.25, -0.2) is 4.79 Å². The third-order valence-corrected chi connectivity index (χ3v) is 5.33. The van der Waals surface area contributed by atoms with E-state index < -0.39 is 5.97 Å². The van der Waals surface area contributed by atoms with Crippen LogP contribution in [0.1, 0.15) is 29.0 Å². The van der Waals surface area contributed by atoms with Crippen LogP contribution in [0, 0.1) is 0 Å². The van der Waals surface area contributed by atoms with Crippen LogP contribution in [0.3, 0.4) is 0 Å². The van der Waals surface area contributed by atoms with Gasteiger partial charge in [-0.3, -0.25) is 4.90 Å². The normalized spacial score (nSPS) is 17.6. The second-order valence-electron chi connectivity index (χ2n) is 6.12. The summed E-state index contributed by atoms with van der Waals surface area (Å²) in [6, 6.07) is 4.07. The summed E-state index contributed by atoms with van der Waals surface area (Å²) < 4.78 is 0. The summed E-state index contributed by atoms with van der Waals surface area (Å²) in [4.78, 5) is 17.5. The van der Waals surface area contributed by atoms with Crippen molar-refractivity contribution in [1.29, 1.82) is 0 Å². The molecule has 0 unspecified atom stereocenters. The fourth-order valence-electron chi connectivity index (χ4n) is 2.88. The highest BCUT2D eigenvalue weighted by atomic mass is 32.1. The summed E-state index contributed by atoms with van der Waals surface area (Å²) in [5.41, 5.74) is 0.345. The van der Waals surface area contributed by atoms with Gasteiger partial charge in [-0.2, -0.15) is 0 Å². The molecule has 1 aliphatic rings. The van der Waals surface area contributed by atoms with Crippen LogP contribution in [-0.2, 0) is 11.3 Å². The van der Waals surface area contributed by atoms with Crippen molar-refractivity contribution >= 4 is 23.4 Å². The molecule has 0 aliphatic heterocycles. The van der Waals surface area contributed by atoms with Crippen LogP contribution in [-0.4, -0.2) is 54.1 Å². The van der Waals surface area contributed by atoms with Crippen molar-refractivity contribution in [1.82, 2.24) is 9.80 Å². The molecule has 0 aromatic carbocycles. The molecule has 0 bridgehead atoms. The molecule has 0 radical (unpaired) electrons. The molecule has 2 rings (SSSR count). The van der Waals surface area contributed by atoms with E-state index in [0.29, 0.717) is 5.54 Å². The van der Waals surface area contributed by atoms with Crippen LogP contribution in [0.25, 0.3) is 6.08 Å². The van der Waals surface area contributed by atoms with Crippen LogP contribution in [0.4, 0.5) is 0 Å². The highest BCUT2D eigenvalue weighted by Crippen LogP contribution is 2.37. The molecule has 1 fully saturated rings. The van der Waals surface area contributed by atoms with E-state index in [1.54, 1.807) is 17.4 Å². The first-order valence-corrected chi connectivity index (χ1v) is 8.09. The number of hydrogen-bond acceptors (Lipinski definition) is 4. The van der Waals surface area contributed by atoms with Gasteiger partial charge in [0, 0.05) is 34.5 Å². The number of carboxylic acids is 1. The lowest BCUT2D eigenvalue weighted by Gasteiger charge is -2.49. The SMILES string of the molecule is CN(Cc1ccc(/C=C/C(=O)O)s1)CC1(N(C)C)CCC1. The number of hydrogen-bond donors (Lipinski definition) is 1. The molecule has 1 heterocycles. The zero-order valence-electron chi connectivity index (χ0n) is 13.0. The quantitative estimate of drug-likeness (QED) is 0.787. The van der Waals surface area contributed by atoms with Crippen molar-refractivity contribution in [2.45, 2.75) is 31.3 Å². The Morgan fingerprint density at radius 2 is 2.10 bits per heavy atom. The third-order valence-electron chi connectivity index (χ3n) is 4.30. The molecule has 116 valence electrons. The number of carboxylic acid groups (broad SMARTS) is 1. The van der Waals surface area contributed by atoms with Crippen molar-refractivity contribution in [2.24, 2.45) is 0 Å². The molecule has 1 aliphatic carbocycles. The molecular weight excluding hydrogens is 284 g/mol. The topological polar surface area (TPSA) is 43.8 Å². The van der Waals surface area contributed by atoms with Gasteiger partial charge in [-0.1, -0.05) is 0 Å². The minimum absolute atomic E-state index is 0.345. The monoisotopic (exact) mass is 308 g/mol. The van der Waals surface area contributed by atoms with Gasteiger partial charge < -0.3 is 10.0 Å². The summed E-state index contributed by atoms with van der Waals surface area (Å²) in [5, 5.41) is 8.65. The molecule has 1 saturated carbocycles. The predicted molar refractivity (Wildman–Crippen MR) is 87.6 cm³/mol. The standard InChI is InChI=1S/C16H24N2O2S/c1-17(2)16(9-4-10-16)12-18(3)11-14-6-5-13(21-14)7-8-15(19)20/h5-8H,4,9-12H2,1-3H3,(H,19,20)/b8-7+. The second kappa shape index (κ2) is 6.73. The first-order valence-electron chi connectivity index (χ1n) is 7.27. The number of likely N-dealkylation sites (N-methyl/N-ethyl adjacent to an activating group) is 2. The fourth-order valence-corrected chi connectivity index (χ4v) is 3.87. The summed E-state index contributed by atoms with van der Waals surface area (Å²) in [7, 11) is 6.51. The number of carbonyl (C=O) groups is 1. The third kappa shape index (κ3) is 4.15. The number of aliphatic carboxylic acids is 1. The first-order chi connectivity index (χ1) is 9.91. The van der Waals surface area contributed by atoms with Gasteiger partial charge in [0.15, 0.2) is 0 Å². The first kappa shape index (κ1) is 16.2. The van der Waals surface area contributed by atoms with E-state index >= 15 is 0 Å². The average Bonchev–Trinajstić information content (AvgIpc) is 2.78. The smallest absolute Gasteiger partial charge is 0.328 e. The van der Waals surface area contributed by atoms with Crippen LogP contribution in [0.5, 0.6) is 0 Å². The largest absolute Gasteiger partial charge is 0.478 e. The molecule has 21 heavy (non-hydrogen) atoms. The lowest BCUT2D eigenvalue weighted by Crippen LogP contribution is -2.56. The van der Waals surface area contributed by atoms with E-state index in [-0.39, 0.29) is 0 Å². The average molecular weight is 308 g/mol. The molecule has 1 aromatic rings. The van der Waals surface area contributed by atoms with E-state index in [1.165, 1.54) is 30.2 Å². The number of thiophene rings is 1. The highest BCUT2D eigenvalue weighted by Gasteiger charge is 2.39. The van der Waals surface area contributed by atoms with E-state index in [4.69, 9.17) is 5.11 Å². The van der Waals surface area contributed by atoms with E-state index in [1.807, 2.05) is 6.07 Å². The van der Waals surface area contributed by atoms with Crippen molar-refractivity contribution in [3.05, 3.63) is 28.0 Å². The van der Waals surface area contributed by atoms with Crippen molar-refractivity contribution in [3.63, 3.8) is 0 Å². The Balaban J connectivity index is 1.91.